The molecule has 0 unspecified atom stereocenters. The summed E-state index contributed by atoms with van der Waals surface area (Å²) in [5.41, 5.74) is 0. The van der Waals surface area contributed by atoms with E-state index >= 15 is 0 Å². The molecule has 0 aromatic carbocycles. The van der Waals surface area contributed by atoms with Crippen LogP contribution in [0.3, 0.4) is 0 Å². The molecule has 15 heavy (non-hydrogen) atoms. The van der Waals surface area contributed by atoms with Gasteiger partial charge in [-0.1, -0.05) is 0 Å². The van der Waals surface area contributed by atoms with Gasteiger partial charge in [-0.05, 0) is 25.7 Å². The first-order valence-corrected chi connectivity index (χ1v) is 5.37. The van der Waals surface area contributed by atoms with Crippen LogP contribution < -0.4 is 0 Å². The molecule has 0 heterocycles. The van der Waals surface area contributed by atoms with Crippen LogP contribution in [-0.4, -0.2) is 59.1 Å². The van der Waals surface area contributed by atoms with Crippen LogP contribution >= 0.6 is 0 Å². The van der Waals surface area contributed by atoms with Crippen molar-refractivity contribution in [1.82, 2.24) is 0 Å². The van der Waals surface area contributed by atoms with Crippen molar-refractivity contribution in [3.05, 3.63) is 0 Å². The van der Waals surface area contributed by atoms with Gasteiger partial charge >= 0.3 is 0 Å². The van der Waals surface area contributed by atoms with Crippen LogP contribution in [0.1, 0.15) is 25.7 Å². The molecule has 0 atom stereocenters. The van der Waals surface area contributed by atoms with E-state index in [0.717, 1.165) is 0 Å². The molecule has 5 nitrogen and oxygen atoms in total. The van der Waals surface area contributed by atoms with E-state index in [1.165, 1.54) is 0 Å². The van der Waals surface area contributed by atoms with Crippen LogP contribution in [0.5, 0.6) is 0 Å². The molecule has 0 aromatic heterocycles. The average Bonchev–Trinajstić information content (AvgIpc) is 2.19. The fourth-order valence-electron chi connectivity index (χ4n) is 1.41. The Morgan fingerprint density at radius 3 is 1.07 bits per heavy atom. The highest BCUT2D eigenvalue weighted by molar-refractivity contribution is 4.63. The lowest BCUT2D eigenvalue weighted by molar-refractivity contribution is -0.0505. The Kier molecular flexibility index (Phi) is 10.2. The lowest BCUT2D eigenvalue weighted by Crippen LogP contribution is -2.26. The number of rotatable bonds is 10. The van der Waals surface area contributed by atoms with Crippen molar-refractivity contribution in [2.75, 3.05) is 26.4 Å². The Morgan fingerprint density at radius 1 is 0.600 bits per heavy atom. The van der Waals surface area contributed by atoms with Crippen molar-refractivity contribution in [2.24, 2.45) is 0 Å². The minimum atomic E-state index is -0.205. The van der Waals surface area contributed by atoms with Crippen molar-refractivity contribution in [1.29, 1.82) is 0 Å². The molecule has 0 rings (SSSR count). The van der Waals surface area contributed by atoms with Crippen LogP contribution in [0.4, 0.5) is 0 Å². The Morgan fingerprint density at radius 2 is 0.867 bits per heavy atom. The highest BCUT2D eigenvalue weighted by atomic mass is 16.5. The van der Waals surface area contributed by atoms with Gasteiger partial charge in [0.2, 0.25) is 0 Å². The van der Waals surface area contributed by atoms with E-state index < -0.39 is 0 Å². The normalized spacial score (nSPS) is 11.6. The lowest BCUT2D eigenvalue weighted by atomic mass is 10.1. The second-order valence-corrected chi connectivity index (χ2v) is 3.43. The number of ether oxygens (including phenoxy) is 1. The predicted octanol–water partition coefficient (Wildman–Crippen LogP) is -0.730. The second kappa shape index (κ2) is 10.3. The number of aliphatic hydroxyl groups excluding tert-OH is 4. The monoisotopic (exact) mass is 222 g/mol. The largest absolute Gasteiger partial charge is 0.396 e. The third-order valence-electron chi connectivity index (χ3n) is 2.19. The van der Waals surface area contributed by atoms with Gasteiger partial charge < -0.3 is 25.2 Å². The van der Waals surface area contributed by atoms with E-state index in [4.69, 9.17) is 25.2 Å². The van der Waals surface area contributed by atoms with E-state index in [9.17, 15) is 0 Å². The van der Waals surface area contributed by atoms with Crippen molar-refractivity contribution in [3.8, 4) is 0 Å². The molecule has 0 aromatic rings. The highest BCUT2D eigenvalue weighted by Crippen LogP contribution is 2.12. The van der Waals surface area contributed by atoms with Gasteiger partial charge in [-0.15, -0.1) is 0 Å². The van der Waals surface area contributed by atoms with Crippen LogP contribution in [-0.2, 0) is 4.74 Å². The van der Waals surface area contributed by atoms with Crippen molar-refractivity contribution >= 4 is 0 Å². The van der Waals surface area contributed by atoms with Gasteiger partial charge in [-0.25, -0.2) is 0 Å². The Bertz CT molecular complexity index is 105. The summed E-state index contributed by atoms with van der Waals surface area (Å²) in [6, 6.07) is 0. The van der Waals surface area contributed by atoms with E-state index in [1.54, 1.807) is 0 Å². The fourth-order valence-corrected chi connectivity index (χ4v) is 1.41. The first-order chi connectivity index (χ1) is 7.28. The van der Waals surface area contributed by atoms with Gasteiger partial charge in [-0.2, -0.15) is 0 Å². The third kappa shape index (κ3) is 7.70. The molecule has 92 valence electrons. The zero-order chi connectivity index (χ0) is 11.5. The quantitative estimate of drug-likeness (QED) is 0.391. The van der Waals surface area contributed by atoms with Gasteiger partial charge in [0, 0.05) is 26.4 Å². The van der Waals surface area contributed by atoms with Crippen LogP contribution in [0.2, 0.25) is 0 Å². The molecule has 0 fully saturated rings. The van der Waals surface area contributed by atoms with Crippen molar-refractivity contribution in [2.45, 2.75) is 37.9 Å². The summed E-state index contributed by atoms with van der Waals surface area (Å²) in [5.74, 6) is 0. The smallest absolute Gasteiger partial charge is 0.0622 e. The van der Waals surface area contributed by atoms with Crippen LogP contribution in [0, 0.1) is 0 Å². The zero-order valence-electron chi connectivity index (χ0n) is 9.01. The lowest BCUT2D eigenvalue weighted by Gasteiger charge is -2.23. The summed E-state index contributed by atoms with van der Waals surface area (Å²) < 4.78 is 5.57. The van der Waals surface area contributed by atoms with E-state index in [0.29, 0.717) is 25.7 Å². The average molecular weight is 222 g/mol. The third-order valence-corrected chi connectivity index (χ3v) is 2.19. The molecule has 0 saturated heterocycles. The fraction of sp³-hybridized carbons (Fsp3) is 1.00. The molecular weight excluding hydrogens is 200 g/mol. The molecule has 0 saturated carbocycles. The van der Waals surface area contributed by atoms with E-state index in [1.807, 2.05) is 0 Å². The summed E-state index contributed by atoms with van der Waals surface area (Å²) in [7, 11) is 0. The molecule has 0 radical (unpaired) electrons. The summed E-state index contributed by atoms with van der Waals surface area (Å²) >= 11 is 0. The number of hydrogen-bond donors (Lipinski definition) is 4. The summed E-state index contributed by atoms with van der Waals surface area (Å²) in [5, 5.41) is 35.1. The van der Waals surface area contributed by atoms with Gasteiger partial charge in [0.1, 0.15) is 0 Å². The Hall–Kier alpha value is -0.200. The van der Waals surface area contributed by atoms with Crippen LogP contribution in [0.15, 0.2) is 0 Å². The molecule has 0 spiro atoms. The highest BCUT2D eigenvalue weighted by Gasteiger charge is 2.15. The molecule has 0 bridgehead atoms. The standard InChI is InChI=1S/C10H22O5/c11-5-1-9(2-6-12)15-10(3-7-13)4-8-14/h9-14H,1-8H2. The first kappa shape index (κ1) is 14.8. The molecule has 0 aliphatic rings. The maximum Gasteiger partial charge on any atom is 0.0622 e. The minimum Gasteiger partial charge on any atom is -0.396 e. The summed E-state index contributed by atoms with van der Waals surface area (Å²) in [4.78, 5) is 0. The first-order valence-electron chi connectivity index (χ1n) is 5.37. The van der Waals surface area contributed by atoms with Crippen molar-refractivity contribution in [3.63, 3.8) is 0 Å². The number of aliphatic hydroxyl groups is 4. The zero-order valence-corrected chi connectivity index (χ0v) is 9.01. The minimum absolute atomic E-state index is 0.00956. The maximum atomic E-state index is 8.78. The van der Waals surface area contributed by atoms with Crippen LogP contribution in [0.25, 0.3) is 0 Å². The molecular formula is C10H22O5. The van der Waals surface area contributed by atoms with E-state index in [2.05, 4.69) is 0 Å². The Labute approximate surface area is 90.3 Å². The summed E-state index contributed by atoms with van der Waals surface area (Å²) in [6.07, 6.45) is 1.45. The van der Waals surface area contributed by atoms with E-state index in [-0.39, 0.29) is 38.6 Å². The molecule has 0 aliphatic carbocycles. The number of hydrogen-bond acceptors (Lipinski definition) is 5. The summed E-state index contributed by atoms with van der Waals surface area (Å²) in [6.45, 7) is 0.0382. The van der Waals surface area contributed by atoms with Gasteiger partial charge in [-0.3, -0.25) is 0 Å². The molecule has 0 aliphatic heterocycles. The Balaban J connectivity index is 3.93. The SMILES string of the molecule is OCCC(CCO)OC(CCO)CCO. The predicted molar refractivity (Wildman–Crippen MR) is 55.5 cm³/mol. The molecule has 0 amide bonds. The molecule has 4 N–H and O–H groups in total. The molecule has 5 heteroatoms. The second-order valence-electron chi connectivity index (χ2n) is 3.43. The maximum absolute atomic E-state index is 8.78. The van der Waals surface area contributed by atoms with Crippen molar-refractivity contribution < 1.29 is 25.2 Å². The van der Waals surface area contributed by atoms with Gasteiger partial charge in [0.25, 0.3) is 0 Å². The van der Waals surface area contributed by atoms with Gasteiger partial charge in [0.05, 0.1) is 12.2 Å². The van der Waals surface area contributed by atoms with Gasteiger partial charge in [0.15, 0.2) is 0 Å². The topological polar surface area (TPSA) is 90.2 Å².